The number of sulfonamides is 1. The summed E-state index contributed by atoms with van der Waals surface area (Å²) >= 11 is 0. The summed E-state index contributed by atoms with van der Waals surface area (Å²) in [6, 6.07) is 14.2. The highest BCUT2D eigenvalue weighted by Gasteiger charge is 2.35. The van der Waals surface area contributed by atoms with Crippen molar-refractivity contribution >= 4 is 38.7 Å². The van der Waals surface area contributed by atoms with Gasteiger partial charge >= 0.3 is 12.1 Å². The van der Waals surface area contributed by atoms with E-state index < -0.39 is 27.7 Å². The fraction of sp³-hybridized carbons (Fsp3) is 0.385. The van der Waals surface area contributed by atoms with Gasteiger partial charge in [-0.25, -0.2) is 17.8 Å². The minimum Gasteiger partial charge on any atom is -0.443 e. The van der Waals surface area contributed by atoms with Crippen LogP contribution in [0.15, 0.2) is 53.4 Å². The third kappa shape index (κ3) is 4.46. The first-order valence-electron chi connectivity index (χ1n) is 12.0. The van der Waals surface area contributed by atoms with Gasteiger partial charge in [-0.2, -0.15) is 0 Å². The number of carbonyl (C=O) groups is 2. The van der Waals surface area contributed by atoms with E-state index in [0.29, 0.717) is 16.8 Å². The van der Waals surface area contributed by atoms with Crippen LogP contribution in [0.5, 0.6) is 0 Å². The van der Waals surface area contributed by atoms with Crippen LogP contribution in [-0.2, 0) is 24.4 Å². The predicted octanol–water partition coefficient (Wildman–Crippen LogP) is 4.54. The Labute approximate surface area is 210 Å². The number of fused-ring (bicyclic) bond motifs is 1. The lowest BCUT2D eigenvalue weighted by molar-refractivity contribution is -0.154. The van der Waals surface area contributed by atoms with E-state index in [-0.39, 0.29) is 17.9 Å². The smallest absolute Gasteiger partial charge is 0.419 e. The van der Waals surface area contributed by atoms with Gasteiger partial charge in [-0.05, 0) is 68.4 Å². The molecule has 0 spiro atoms. The molecule has 0 N–H and O–H groups in total. The molecule has 9 nitrogen and oxygen atoms in total. The Kier molecular flexibility index (Phi) is 6.04. The number of nitrogens with zero attached hydrogens (tertiary/aromatic N) is 3. The monoisotopic (exact) mass is 511 g/mol. The maximum Gasteiger partial charge on any atom is 0.419 e. The molecule has 0 aliphatic carbocycles. The SMILES string of the molecule is CC(C)(C)OC(=O)n1c(-c2cc(S(=O)(=O)N3CCC(=O)O3)ccc2N2CCCC2)cc2ccccc21. The summed E-state index contributed by atoms with van der Waals surface area (Å²) in [6.45, 7) is 7.02. The summed E-state index contributed by atoms with van der Waals surface area (Å²) in [7, 11) is -4.09. The molecule has 2 aliphatic heterocycles. The number of aromatic nitrogens is 1. The molecule has 3 aromatic rings. The van der Waals surface area contributed by atoms with Gasteiger partial charge in [0, 0.05) is 29.7 Å². The predicted molar refractivity (Wildman–Crippen MR) is 135 cm³/mol. The first kappa shape index (κ1) is 24.3. The van der Waals surface area contributed by atoms with E-state index in [1.54, 1.807) is 32.9 Å². The lowest BCUT2D eigenvalue weighted by Crippen LogP contribution is -2.28. The maximum absolute atomic E-state index is 13.4. The number of benzene rings is 2. The van der Waals surface area contributed by atoms with Crippen molar-refractivity contribution in [1.29, 1.82) is 0 Å². The number of hydroxylamine groups is 1. The Hall–Kier alpha value is -3.37. The van der Waals surface area contributed by atoms with Gasteiger partial charge in [0.05, 0.1) is 29.1 Å². The Morgan fingerprint density at radius 2 is 1.72 bits per heavy atom. The van der Waals surface area contributed by atoms with Crippen LogP contribution in [-0.4, -0.2) is 54.8 Å². The Morgan fingerprint density at radius 3 is 2.39 bits per heavy atom. The molecular weight excluding hydrogens is 482 g/mol. The summed E-state index contributed by atoms with van der Waals surface area (Å²) in [5.41, 5.74) is 1.89. The third-order valence-corrected chi connectivity index (χ3v) is 7.89. The molecule has 2 saturated heterocycles. The van der Waals surface area contributed by atoms with Crippen molar-refractivity contribution in [2.75, 3.05) is 24.5 Å². The van der Waals surface area contributed by atoms with Gasteiger partial charge < -0.3 is 14.5 Å². The molecule has 0 amide bonds. The molecular formula is C26H29N3O6S. The van der Waals surface area contributed by atoms with Crippen LogP contribution in [0.4, 0.5) is 10.5 Å². The van der Waals surface area contributed by atoms with E-state index in [1.807, 2.05) is 30.3 Å². The van der Waals surface area contributed by atoms with Crippen molar-refractivity contribution in [3.63, 3.8) is 0 Å². The lowest BCUT2D eigenvalue weighted by Gasteiger charge is -2.24. The zero-order valence-electron chi connectivity index (χ0n) is 20.6. The zero-order valence-corrected chi connectivity index (χ0v) is 21.4. The van der Waals surface area contributed by atoms with E-state index in [9.17, 15) is 18.0 Å². The van der Waals surface area contributed by atoms with Crippen molar-refractivity contribution < 1.29 is 27.6 Å². The highest BCUT2D eigenvalue weighted by molar-refractivity contribution is 7.89. The van der Waals surface area contributed by atoms with Gasteiger partial charge in [-0.3, -0.25) is 4.79 Å². The number of carbonyl (C=O) groups excluding carboxylic acids is 2. The number of ether oxygens (including phenoxy) is 1. The summed E-state index contributed by atoms with van der Waals surface area (Å²) < 4.78 is 34.6. The molecule has 10 heteroatoms. The van der Waals surface area contributed by atoms with E-state index >= 15 is 0 Å². The Balaban J connectivity index is 1.72. The number of anilines is 1. The summed E-state index contributed by atoms with van der Waals surface area (Å²) in [5, 5.41) is 0.826. The van der Waals surface area contributed by atoms with E-state index in [2.05, 4.69) is 4.90 Å². The molecule has 0 unspecified atom stereocenters. The maximum atomic E-state index is 13.4. The summed E-state index contributed by atoms with van der Waals surface area (Å²) in [5.74, 6) is -0.586. The molecule has 190 valence electrons. The average molecular weight is 512 g/mol. The van der Waals surface area contributed by atoms with Gasteiger partial charge in [-0.15, -0.1) is 0 Å². The number of hydrogen-bond donors (Lipinski definition) is 0. The van der Waals surface area contributed by atoms with Crippen LogP contribution in [0.2, 0.25) is 0 Å². The van der Waals surface area contributed by atoms with Crippen molar-refractivity contribution in [1.82, 2.24) is 9.04 Å². The second-order valence-corrected chi connectivity index (χ2v) is 11.9. The fourth-order valence-corrected chi connectivity index (χ4v) is 5.90. The van der Waals surface area contributed by atoms with Crippen LogP contribution in [0.25, 0.3) is 22.2 Å². The van der Waals surface area contributed by atoms with Crippen LogP contribution >= 0.6 is 0 Å². The quantitative estimate of drug-likeness (QED) is 0.507. The van der Waals surface area contributed by atoms with Gasteiger partial charge in [0.25, 0.3) is 10.0 Å². The van der Waals surface area contributed by atoms with Crippen molar-refractivity contribution in [3.05, 3.63) is 48.5 Å². The third-order valence-electron chi connectivity index (χ3n) is 6.25. The standard InChI is InChI=1S/C26H29N3O6S/c1-26(2,3)34-25(31)29-21-9-5-4-8-18(21)16-23(29)20-17-19(10-11-22(20)27-13-6-7-14-27)36(32,33)28-15-12-24(30)35-28/h4-5,8-11,16-17H,6-7,12-15H2,1-3H3. The second-order valence-electron chi connectivity index (χ2n) is 10.0. The molecule has 36 heavy (non-hydrogen) atoms. The number of hydrogen-bond acceptors (Lipinski definition) is 7. The molecule has 2 fully saturated rings. The largest absolute Gasteiger partial charge is 0.443 e. The van der Waals surface area contributed by atoms with Gasteiger partial charge in [-0.1, -0.05) is 18.2 Å². The molecule has 2 aromatic carbocycles. The number of para-hydroxylation sites is 1. The number of rotatable bonds is 4. The van der Waals surface area contributed by atoms with Gasteiger partial charge in [0.2, 0.25) is 0 Å². The van der Waals surface area contributed by atoms with Gasteiger partial charge in [0.15, 0.2) is 0 Å². The van der Waals surface area contributed by atoms with Crippen LogP contribution in [0, 0.1) is 0 Å². The lowest BCUT2D eigenvalue weighted by atomic mass is 10.1. The normalized spacial score (nSPS) is 17.1. The summed E-state index contributed by atoms with van der Waals surface area (Å²) in [6.07, 6.45) is 1.51. The molecule has 0 radical (unpaired) electrons. The molecule has 3 heterocycles. The van der Waals surface area contributed by atoms with Crippen LogP contribution < -0.4 is 4.90 Å². The molecule has 2 aliphatic rings. The van der Waals surface area contributed by atoms with E-state index in [0.717, 1.165) is 41.5 Å². The van der Waals surface area contributed by atoms with Crippen molar-refractivity contribution in [2.45, 2.75) is 50.5 Å². The highest BCUT2D eigenvalue weighted by atomic mass is 32.2. The minimum atomic E-state index is -4.09. The molecule has 5 rings (SSSR count). The van der Waals surface area contributed by atoms with Gasteiger partial charge in [0.1, 0.15) is 5.60 Å². The Morgan fingerprint density at radius 1 is 1.00 bits per heavy atom. The van der Waals surface area contributed by atoms with E-state index in [1.165, 1.54) is 10.6 Å². The average Bonchev–Trinajstić information content (AvgIpc) is 3.57. The van der Waals surface area contributed by atoms with Crippen LogP contribution in [0.3, 0.4) is 0 Å². The van der Waals surface area contributed by atoms with Crippen LogP contribution in [0.1, 0.15) is 40.0 Å². The second kappa shape index (κ2) is 8.94. The molecule has 0 atom stereocenters. The van der Waals surface area contributed by atoms with E-state index in [4.69, 9.17) is 9.57 Å². The molecule has 1 aromatic heterocycles. The first-order chi connectivity index (χ1) is 17.0. The Bertz CT molecular complexity index is 1450. The highest BCUT2D eigenvalue weighted by Crippen LogP contribution is 2.39. The van der Waals surface area contributed by atoms with Crippen molar-refractivity contribution in [2.24, 2.45) is 0 Å². The molecule has 0 bridgehead atoms. The minimum absolute atomic E-state index is 0.00479. The first-order valence-corrected chi connectivity index (χ1v) is 13.5. The zero-order chi connectivity index (χ0) is 25.7. The topological polar surface area (TPSA) is 98.2 Å². The van der Waals surface area contributed by atoms with Crippen molar-refractivity contribution in [3.8, 4) is 11.3 Å². The fourth-order valence-electron chi connectivity index (χ4n) is 4.65. The molecule has 0 saturated carbocycles. The summed E-state index contributed by atoms with van der Waals surface area (Å²) in [4.78, 5) is 32.1.